The number of ether oxygens (including phenoxy) is 1. The molecule has 4 heteroatoms. The van der Waals surface area contributed by atoms with Gasteiger partial charge in [0.05, 0.1) is 19.0 Å². The van der Waals surface area contributed by atoms with Crippen molar-refractivity contribution in [1.29, 1.82) is 0 Å². The maximum absolute atomic E-state index is 8.95. The standard InChI is InChI=1S/C13H16N2O2/c1-10-11(6-7-16)9-14-15(10)12-4-3-5-13(8-12)17-2/h3-5,8-9,16H,6-7H2,1-2H3. The van der Waals surface area contributed by atoms with Crippen LogP contribution in [0.1, 0.15) is 11.3 Å². The predicted molar refractivity (Wildman–Crippen MR) is 65.6 cm³/mol. The molecule has 0 amide bonds. The third kappa shape index (κ3) is 2.31. The zero-order chi connectivity index (χ0) is 12.3. The highest BCUT2D eigenvalue weighted by molar-refractivity contribution is 5.40. The van der Waals surface area contributed by atoms with Crippen molar-refractivity contribution in [2.45, 2.75) is 13.3 Å². The van der Waals surface area contributed by atoms with Crippen LogP contribution in [0.25, 0.3) is 5.69 Å². The van der Waals surface area contributed by atoms with Crippen molar-refractivity contribution in [3.05, 3.63) is 41.7 Å². The number of aliphatic hydroxyl groups is 1. The van der Waals surface area contributed by atoms with Gasteiger partial charge in [0.2, 0.25) is 0 Å². The van der Waals surface area contributed by atoms with E-state index in [-0.39, 0.29) is 6.61 Å². The number of benzene rings is 1. The minimum atomic E-state index is 0.143. The molecule has 0 aliphatic heterocycles. The molecule has 17 heavy (non-hydrogen) atoms. The highest BCUT2D eigenvalue weighted by atomic mass is 16.5. The number of hydrogen-bond donors (Lipinski definition) is 1. The van der Waals surface area contributed by atoms with Gasteiger partial charge in [0.1, 0.15) is 5.75 Å². The molecule has 0 spiro atoms. The number of aromatic nitrogens is 2. The quantitative estimate of drug-likeness (QED) is 0.873. The lowest BCUT2D eigenvalue weighted by molar-refractivity contribution is 0.299. The molecule has 0 saturated carbocycles. The van der Waals surface area contributed by atoms with Crippen molar-refractivity contribution in [2.24, 2.45) is 0 Å². The first-order valence-corrected chi connectivity index (χ1v) is 5.55. The van der Waals surface area contributed by atoms with Gasteiger partial charge in [0, 0.05) is 18.4 Å². The summed E-state index contributed by atoms with van der Waals surface area (Å²) in [7, 11) is 1.65. The lowest BCUT2D eigenvalue weighted by atomic mass is 10.2. The second-order valence-corrected chi connectivity index (χ2v) is 3.84. The maximum Gasteiger partial charge on any atom is 0.121 e. The molecule has 4 nitrogen and oxygen atoms in total. The molecule has 0 aliphatic rings. The van der Waals surface area contributed by atoms with Gasteiger partial charge in [-0.05, 0) is 31.0 Å². The number of nitrogens with zero attached hydrogens (tertiary/aromatic N) is 2. The molecule has 0 unspecified atom stereocenters. The third-order valence-corrected chi connectivity index (χ3v) is 2.79. The van der Waals surface area contributed by atoms with Crippen LogP contribution in [0, 0.1) is 6.92 Å². The van der Waals surface area contributed by atoms with Crippen molar-refractivity contribution in [3.63, 3.8) is 0 Å². The first kappa shape index (κ1) is 11.7. The predicted octanol–water partition coefficient (Wildman–Crippen LogP) is 1.72. The Labute approximate surface area is 100 Å². The van der Waals surface area contributed by atoms with Crippen LogP contribution in [0.3, 0.4) is 0 Å². The van der Waals surface area contributed by atoms with Gasteiger partial charge >= 0.3 is 0 Å². The Balaban J connectivity index is 2.38. The highest BCUT2D eigenvalue weighted by Crippen LogP contribution is 2.19. The summed E-state index contributed by atoms with van der Waals surface area (Å²) < 4.78 is 7.04. The fraction of sp³-hybridized carbons (Fsp3) is 0.308. The van der Waals surface area contributed by atoms with Crippen LogP contribution < -0.4 is 4.74 Å². The third-order valence-electron chi connectivity index (χ3n) is 2.79. The minimum absolute atomic E-state index is 0.143. The van der Waals surface area contributed by atoms with Gasteiger partial charge in [0.25, 0.3) is 0 Å². The van der Waals surface area contributed by atoms with Crippen LogP contribution >= 0.6 is 0 Å². The molecule has 90 valence electrons. The van der Waals surface area contributed by atoms with Gasteiger partial charge in [-0.3, -0.25) is 0 Å². The van der Waals surface area contributed by atoms with E-state index in [0.717, 1.165) is 22.7 Å². The zero-order valence-corrected chi connectivity index (χ0v) is 10.1. The van der Waals surface area contributed by atoms with Crippen LogP contribution in [-0.2, 0) is 6.42 Å². The number of rotatable bonds is 4. The topological polar surface area (TPSA) is 47.3 Å². The lowest BCUT2D eigenvalue weighted by Crippen LogP contribution is -2.00. The fourth-order valence-electron chi connectivity index (χ4n) is 1.81. The van der Waals surface area contributed by atoms with Gasteiger partial charge in [-0.15, -0.1) is 0 Å². The summed E-state index contributed by atoms with van der Waals surface area (Å²) in [4.78, 5) is 0. The van der Waals surface area contributed by atoms with Crippen molar-refractivity contribution < 1.29 is 9.84 Å². The van der Waals surface area contributed by atoms with E-state index < -0.39 is 0 Å². The molecule has 0 fully saturated rings. The average molecular weight is 232 g/mol. The van der Waals surface area contributed by atoms with E-state index in [1.807, 2.05) is 35.9 Å². The lowest BCUT2D eigenvalue weighted by Gasteiger charge is -2.07. The number of hydrogen-bond acceptors (Lipinski definition) is 3. The molecular formula is C13H16N2O2. The van der Waals surface area contributed by atoms with E-state index in [2.05, 4.69) is 5.10 Å². The summed E-state index contributed by atoms with van der Waals surface area (Å²) in [5.41, 5.74) is 3.08. The summed E-state index contributed by atoms with van der Waals surface area (Å²) in [5, 5.41) is 13.3. The van der Waals surface area contributed by atoms with Crippen LogP contribution in [-0.4, -0.2) is 28.6 Å². The Morgan fingerprint density at radius 2 is 2.24 bits per heavy atom. The fourth-order valence-corrected chi connectivity index (χ4v) is 1.81. The van der Waals surface area contributed by atoms with Gasteiger partial charge in [0.15, 0.2) is 0 Å². The van der Waals surface area contributed by atoms with E-state index in [9.17, 15) is 0 Å². The summed E-state index contributed by atoms with van der Waals surface area (Å²) in [6.45, 7) is 2.14. The molecule has 2 aromatic rings. The van der Waals surface area contributed by atoms with E-state index in [0.29, 0.717) is 6.42 Å². The number of aliphatic hydroxyl groups excluding tert-OH is 1. The van der Waals surface area contributed by atoms with Crippen LogP contribution in [0.5, 0.6) is 5.75 Å². The van der Waals surface area contributed by atoms with Crippen LogP contribution in [0.15, 0.2) is 30.5 Å². The monoisotopic (exact) mass is 232 g/mol. The summed E-state index contributed by atoms with van der Waals surface area (Å²) in [6, 6.07) is 7.74. The van der Waals surface area contributed by atoms with Crippen LogP contribution in [0.2, 0.25) is 0 Å². The number of methoxy groups -OCH3 is 1. The van der Waals surface area contributed by atoms with Gasteiger partial charge < -0.3 is 9.84 Å². The van der Waals surface area contributed by atoms with Crippen molar-refractivity contribution >= 4 is 0 Å². The molecule has 2 rings (SSSR count). The second kappa shape index (κ2) is 5.01. The molecule has 0 aliphatic carbocycles. The molecule has 0 radical (unpaired) electrons. The average Bonchev–Trinajstić information content (AvgIpc) is 2.72. The van der Waals surface area contributed by atoms with Crippen molar-refractivity contribution in [3.8, 4) is 11.4 Å². The van der Waals surface area contributed by atoms with Gasteiger partial charge in [-0.1, -0.05) is 6.07 Å². The van der Waals surface area contributed by atoms with E-state index in [1.54, 1.807) is 13.3 Å². The Hall–Kier alpha value is -1.81. The normalized spacial score (nSPS) is 10.5. The van der Waals surface area contributed by atoms with Gasteiger partial charge in [-0.2, -0.15) is 5.10 Å². The zero-order valence-electron chi connectivity index (χ0n) is 10.1. The SMILES string of the molecule is COc1cccc(-n2ncc(CCO)c2C)c1. The van der Waals surface area contributed by atoms with Crippen LogP contribution in [0.4, 0.5) is 0 Å². The second-order valence-electron chi connectivity index (χ2n) is 3.84. The Morgan fingerprint density at radius 1 is 1.41 bits per heavy atom. The van der Waals surface area contributed by atoms with E-state index >= 15 is 0 Å². The minimum Gasteiger partial charge on any atom is -0.497 e. The highest BCUT2D eigenvalue weighted by Gasteiger charge is 2.07. The molecule has 1 aromatic carbocycles. The Kier molecular flexibility index (Phi) is 3.44. The Morgan fingerprint density at radius 3 is 2.94 bits per heavy atom. The molecular weight excluding hydrogens is 216 g/mol. The van der Waals surface area contributed by atoms with Crippen molar-refractivity contribution in [1.82, 2.24) is 9.78 Å². The molecule has 0 atom stereocenters. The molecule has 1 N–H and O–H groups in total. The molecule has 1 heterocycles. The molecule has 0 saturated heterocycles. The maximum atomic E-state index is 8.95. The molecule has 0 bridgehead atoms. The van der Waals surface area contributed by atoms with E-state index in [4.69, 9.17) is 9.84 Å². The molecule has 1 aromatic heterocycles. The summed E-state index contributed by atoms with van der Waals surface area (Å²) in [6.07, 6.45) is 2.43. The van der Waals surface area contributed by atoms with Gasteiger partial charge in [-0.25, -0.2) is 4.68 Å². The van der Waals surface area contributed by atoms with E-state index in [1.165, 1.54) is 0 Å². The first-order valence-electron chi connectivity index (χ1n) is 5.55. The summed E-state index contributed by atoms with van der Waals surface area (Å²) >= 11 is 0. The Bertz CT molecular complexity index is 506. The summed E-state index contributed by atoms with van der Waals surface area (Å²) in [5.74, 6) is 0.807. The first-order chi connectivity index (χ1) is 8.26. The largest absolute Gasteiger partial charge is 0.497 e. The smallest absolute Gasteiger partial charge is 0.121 e. The van der Waals surface area contributed by atoms with Crippen molar-refractivity contribution in [2.75, 3.05) is 13.7 Å².